The Bertz CT molecular complexity index is 807. The number of hydrogen-bond donors (Lipinski definition) is 0. The van der Waals surface area contributed by atoms with Crippen LogP contribution in [0, 0.1) is 5.92 Å². The molecule has 1 atom stereocenters. The molecular formula is C19H26N6O3. The van der Waals surface area contributed by atoms with Gasteiger partial charge in [0.2, 0.25) is 23.5 Å². The number of nitrogens with zero attached hydrogens (tertiary/aromatic N) is 6. The molecule has 0 aliphatic carbocycles. The first kappa shape index (κ1) is 19.9. The van der Waals surface area contributed by atoms with Crippen LogP contribution in [0.3, 0.4) is 0 Å². The van der Waals surface area contributed by atoms with Crippen LogP contribution >= 0.6 is 0 Å². The minimum Gasteiger partial charge on any atom is -0.341 e. The number of carbonyl (C=O) groups is 2. The molecule has 3 rings (SSSR count). The lowest BCUT2D eigenvalue weighted by Gasteiger charge is -2.34. The van der Waals surface area contributed by atoms with Gasteiger partial charge in [0.25, 0.3) is 0 Å². The quantitative estimate of drug-likeness (QED) is 0.697. The van der Waals surface area contributed by atoms with Gasteiger partial charge in [-0.3, -0.25) is 14.6 Å². The Kier molecular flexibility index (Phi) is 6.35. The van der Waals surface area contributed by atoms with Gasteiger partial charge in [-0.05, 0) is 32.6 Å². The lowest BCUT2D eigenvalue weighted by Crippen LogP contribution is -2.47. The third kappa shape index (κ3) is 4.92. The van der Waals surface area contributed by atoms with Crippen molar-refractivity contribution in [2.45, 2.75) is 19.4 Å². The fourth-order valence-corrected chi connectivity index (χ4v) is 3.18. The Morgan fingerprint density at radius 3 is 2.75 bits per heavy atom. The van der Waals surface area contributed by atoms with Crippen molar-refractivity contribution in [3.63, 3.8) is 0 Å². The summed E-state index contributed by atoms with van der Waals surface area (Å²) in [6.45, 7) is 2.11. The van der Waals surface area contributed by atoms with Crippen molar-refractivity contribution in [1.82, 2.24) is 29.8 Å². The molecule has 0 N–H and O–H groups in total. The monoisotopic (exact) mass is 386 g/mol. The van der Waals surface area contributed by atoms with E-state index in [9.17, 15) is 9.59 Å². The molecule has 1 aliphatic heterocycles. The molecule has 2 amide bonds. The summed E-state index contributed by atoms with van der Waals surface area (Å²) < 4.78 is 5.28. The number of aromatic nitrogens is 3. The van der Waals surface area contributed by atoms with E-state index in [1.54, 1.807) is 41.4 Å². The summed E-state index contributed by atoms with van der Waals surface area (Å²) in [5, 5.41) is 3.96. The second-order valence-corrected chi connectivity index (χ2v) is 7.32. The molecule has 0 bridgehead atoms. The Hall–Kier alpha value is -2.81. The van der Waals surface area contributed by atoms with Gasteiger partial charge >= 0.3 is 0 Å². The highest BCUT2D eigenvalue weighted by Crippen LogP contribution is 2.21. The van der Waals surface area contributed by atoms with Gasteiger partial charge in [-0.2, -0.15) is 4.98 Å². The van der Waals surface area contributed by atoms with Gasteiger partial charge < -0.3 is 19.2 Å². The number of pyridine rings is 1. The van der Waals surface area contributed by atoms with Crippen molar-refractivity contribution >= 4 is 11.8 Å². The number of hydrogen-bond acceptors (Lipinski definition) is 7. The summed E-state index contributed by atoms with van der Waals surface area (Å²) in [5.41, 5.74) is 0.807. The fourth-order valence-electron chi connectivity index (χ4n) is 3.18. The Balaban J connectivity index is 1.58. The highest BCUT2D eigenvalue weighted by Gasteiger charge is 2.32. The maximum Gasteiger partial charge on any atom is 0.246 e. The van der Waals surface area contributed by atoms with Crippen LogP contribution in [0.15, 0.2) is 29.0 Å². The van der Waals surface area contributed by atoms with Crippen LogP contribution in [0.2, 0.25) is 0 Å². The summed E-state index contributed by atoms with van der Waals surface area (Å²) in [4.78, 5) is 38.7. The van der Waals surface area contributed by atoms with E-state index in [0.717, 1.165) is 12.1 Å². The van der Waals surface area contributed by atoms with Crippen LogP contribution < -0.4 is 0 Å². The first-order valence-electron chi connectivity index (χ1n) is 9.34. The number of likely N-dealkylation sites (N-methyl/N-ethyl adjacent to an activating group) is 1. The molecule has 1 aliphatic rings. The van der Waals surface area contributed by atoms with Gasteiger partial charge in [0.1, 0.15) is 0 Å². The van der Waals surface area contributed by atoms with E-state index in [1.807, 2.05) is 19.0 Å². The number of piperidine rings is 1. The molecule has 0 spiro atoms. The first-order chi connectivity index (χ1) is 13.4. The van der Waals surface area contributed by atoms with Crippen LogP contribution in [0.25, 0.3) is 11.4 Å². The van der Waals surface area contributed by atoms with Crippen molar-refractivity contribution in [2.24, 2.45) is 5.92 Å². The van der Waals surface area contributed by atoms with Crippen molar-refractivity contribution < 1.29 is 14.1 Å². The van der Waals surface area contributed by atoms with Gasteiger partial charge in [-0.1, -0.05) is 5.16 Å². The highest BCUT2D eigenvalue weighted by atomic mass is 16.5. The minimum absolute atomic E-state index is 0.00832. The second-order valence-electron chi connectivity index (χ2n) is 7.32. The van der Waals surface area contributed by atoms with Gasteiger partial charge in [-0.25, -0.2) is 0 Å². The molecule has 3 heterocycles. The van der Waals surface area contributed by atoms with E-state index < -0.39 is 0 Å². The van der Waals surface area contributed by atoms with Crippen LogP contribution in [0.1, 0.15) is 18.7 Å². The van der Waals surface area contributed by atoms with Crippen LogP contribution in [-0.2, 0) is 16.1 Å². The molecule has 0 radical (unpaired) electrons. The molecule has 9 heteroatoms. The highest BCUT2D eigenvalue weighted by molar-refractivity contribution is 5.83. The lowest BCUT2D eigenvalue weighted by molar-refractivity contribution is -0.142. The molecule has 2 aromatic rings. The van der Waals surface area contributed by atoms with E-state index in [1.165, 1.54) is 0 Å². The average molecular weight is 386 g/mol. The summed E-state index contributed by atoms with van der Waals surface area (Å²) in [5.74, 6) is 0.751. The molecule has 150 valence electrons. The van der Waals surface area contributed by atoms with E-state index >= 15 is 0 Å². The molecule has 0 saturated carbocycles. The molecule has 0 aromatic carbocycles. The minimum atomic E-state index is -0.201. The lowest BCUT2D eigenvalue weighted by atomic mass is 9.96. The van der Waals surface area contributed by atoms with E-state index in [0.29, 0.717) is 37.6 Å². The molecule has 28 heavy (non-hydrogen) atoms. The maximum atomic E-state index is 12.8. The van der Waals surface area contributed by atoms with E-state index in [-0.39, 0.29) is 24.3 Å². The molecule has 0 unspecified atom stereocenters. The molecule has 9 nitrogen and oxygen atoms in total. The molecule has 1 saturated heterocycles. The Labute approximate surface area is 164 Å². The topological polar surface area (TPSA) is 95.7 Å². The Morgan fingerprint density at radius 2 is 2.04 bits per heavy atom. The third-order valence-electron chi connectivity index (χ3n) is 4.82. The van der Waals surface area contributed by atoms with Crippen LogP contribution in [-0.4, -0.2) is 82.4 Å². The third-order valence-corrected chi connectivity index (χ3v) is 4.82. The predicted octanol–water partition coefficient (Wildman–Crippen LogP) is 0.890. The van der Waals surface area contributed by atoms with Crippen molar-refractivity contribution in [1.29, 1.82) is 0 Å². The van der Waals surface area contributed by atoms with Gasteiger partial charge in [-0.15, -0.1) is 0 Å². The number of rotatable bonds is 7. The zero-order valence-corrected chi connectivity index (χ0v) is 16.5. The normalized spacial score (nSPS) is 17.2. The van der Waals surface area contributed by atoms with Crippen molar-refractivity contribution in [2.75, 3.05) is 40.8 Å². The zero-order chi connectivity index (χ0) is 20.1. The largest absolute Gasteiger partial charge is 0.341 e. The van der Waals surface area contributed by atoms with Crippen molar-refractivity contribution in [3.8, 4) is 11.4 Å². The standard InChI is InChI=1S/C19H26N6O3/c1-23(2)10-11-25-12-15(4-5-17(25)26)19(27)24(3)13-16-21-18(22-28-16)14-6-8-20-9-7-14/h6-9,15H,4-5,10-13H2,1-3H3/t15-/m1/s1. The van der Waals surface area contributed by atoms with E-state index in [4.69, 9.17) is 4.52 Å². The smallest absolute Gasteiger partial charge is 0.246 e. The Morgan fingerprint density at radius 1 is 1.29 bits per heavy atom. The first-order valence-corrected chi connectivity index (χ1v) is 9.34. The van der Waals surface area contributed by atoms with Crippen LogP contribution in [0.4, 0.5) is 0 Å². The number of likely N-dealkylation sites (tertiary alicyclic amines) is 1. The maximum absolute atomic E-state index is 12.8. The average Bonchev–Trinajstić information content (AvgIpc) is 3.16. The fraction of sp³-hybridized carbons (Fsp3) is 0.526. The SMILES string of the molecule is CN(C)CCN1C[C@H](C(=O)N(C)Cc2nc(-c3ccncc3)no2)CCC1=O. The van der Waals surface area contributed by atoms with Gasteiger partial charge in [0, 0.05) is 51.1 Å². The van der Waals surface area contributed by atoms with Crippen molar-refractivity contribution in [3.05, 3.63) is 30.4 Å². The summed E-state index contributed by atoms with van der Waals surface area (Å²) in [6.07, 6.45) is 4.30. The summed E-state index contributed by atoms with van der Waals surface area (Å²) in [7, 11) is 5.66. The number of carbonyl (C=O) groups excluding carboxylic acids is 2. The molecular weight excluding hydrogens is 360 g/mol. The summed E-state index contributed by atoms with van der Waals surface area (Å²) in [6, 6.07) is 3.59. The van der Waals surface area contributed by atoms with Gasteiger partial charge in [0.15, 0.2) is 0 Å². The second kappa shape index (κ2) is 8.92. The molecule has 1 fully saturated rings. The van der Waals surface area contributed by atoms with E-state index in [2.05, 4.69) is 15.1 Å². The van der Waals surface area contributed by atoms with Crippen LogP contribution in [0.5, 0.6) is 0 Å². The van der Waals surface area contributed by atoms with Gasteiger partial charge in [0.05, 0.1) is 12.5 Å². The zero-order valence-electron chi connectivity index (χ0n) is 16.5. The molecule has 2 aromatic heterocycles. The predicted molar refractivity (Wildman–Crippen MR) is 102 cm³/mol. The summed E-state index contributed by atoms with van der Waals surface area (Å²) >= 11 is 0. The number of amides is 2.